The van der Waals surface area contributed by atoms with E-state index < -0.39 is 0 Å². The Morgan fingerprint density at radius 2 is 2.00 bits per heavy atom. The summed E-state index contributed by atoms with van der Waals surface area (Å²) in [4.78, 5) is 23.7. The lowest BCUT2D eigenvalue weighted by atomic mass is 10.2. The number of fused-ring (bicyclic) bond motifs is 1. The number of nitrogens with one attached hydrogen (secondary N) is 1. The average molecular weight is 301 g/mol. The Bertz CT molecular complexity index is 921. The van der Waals surface area contributed by atoms with E-state index in [9.17, 15) is 9.59 Å². The number of hydrogen-bond acceptors (Lipinski definition) is 4. The van der Waals surface area contributed by atoms with Gasteiger partial charge in [0.25, 0.3) is 5.56 Å². The summed E-state index contributed by atoms with van der Waals surface area (Å²) in [6.45, 7) is 0.385. The van der Waals surface area contributed by atoms with Gasteiger partial charge in [0.15, 0.2) is 0 Å². The molecule has 6 heteroatoms. The third kappa shape index (κ3) is 2.50. The Hall–Kier alpha value is -2.34. The smallest absolute Gasteiger partial charge is 0.330 e. The van der Waals surface area contributed by atoms with E-state index in [-0.39, 0.29) is 11.2 Å². The third-order valence-corrected chi connectivity index (χ3v) is 4.35. The van der Waals surface area contributed by atoms with Gasteiger partial charge in [-0.2, -0.15) is 0 Å². The zero-order valence-electron chi connectivity index (χ0n) is 11.8. The van der Waals surface area contributed by atoms with Crippen LogP contribution in [0.4, 0.5) is 5.69 Å². The van der Waals surface area contributed by atoms with E-state index in [0.717, 1.165) is 10.3 Å². The van der Waals surface area contributed by atoms with Crippen LogP contribution in [0.1, 0.15) is 5.56 Å². The van der Waals surface area contributed by atoms with Crippen molar-refractivity contribution < 1.29 is 0 Å². The standard InChI is InChI=1S/C15H15N3O2S/c1-17-9-11(14(19)18(2)15(17)20)8-16-12-3-4-13-10(7-12)5-6-21-13/h3-7,9,16H,8H2,1-2H3. The van der Waals surface area contributed by atoms with Crippen molar-refractivity contribution in [3.05, 3.63) is 62.2 Å². The highest BCUT2D eigenvalue weighted by atomic mass is 32.1. The molecule has 0 atom stereocenters. The minimum absolute atomic E-state index is 0.262. The molecule has 0 amide bonds. The van der Waals surface area contributed by atoms with Crippen molar-refractivity contribution in [3.8, 4) is 0 Å². The maximum absolute atomic E-state index is 12.0. The van der Waals surface area contributed by atoms with Crippen LogP contribution in [0.3, 0.4) is 0 Å². The number of hydrogen-bond donors (Lipinski definition) is 1. The topological polar surface area (TPSA) is 56.0 Å². The molecule has 3 rings (SSSR count). The monoisotopic (exact) mass is 301 g/mol. The molecule has 0 aliphatic heterocycles. The summed E-state index contributed by atoms with van der Waals surface area (Å²) in [6, 6.07) is 8.17. The molecule has 21 heavy (non-hydrogen) atoms. The summed E-state index contributed by atoms with van der Waals surface area (Å²) in [6.07, 6.45) is 1.58. The van der Waals surface area contributed by atoms with E-state index in [1.165, 1.54) is 21.7 Å². The lowest BCUT2D eigenvalue weighted by Gasteiger charge is -2.09. The first-order valence-electron chi connectivity index (χ1n) is 6.53. The van der Waals surface area contributed by atoms with Gasteiger partial charge in [-0.1, -0.05) is 0 Å². The molecule has 1 aromatic carbocycles. The van der Waals surface area contributed by atoms with Crippen LogP contribution in [0.2, 0.25) is 0 Å². The van der Waals surface area contributed by atoms with Gasteiger partial charge in [0.05, 0.1) is 5.56 Å². The second-order valence-electron chi connectivity index (χ2n) is 4.94. The third-order valence-electron chi connectivity index (χ3n) is 3.45. The first-order chi connectivity index (χ1) is 10.1. The molecule has 0 aliphatic carbocycles. The maximum Gasteiger partial charge on any atom is 0.330 e. The Morgan fingerprint density at radius 1 is 1.19 bits per heavy atom. The number of rotatable bonds is 3. The number of aromatic nitrogens is 2. The molecule has 2 aromatic heterocycles. The summed E-state index contributed by atoms with van der Waals surface area (Å²) in [7, 11) is 3.13. The largest absolute Gasteiger partial charge is 0.381 e. The molecular weight excluding hydrogens is 286 g/mol. The summed E-state index contributed by atoms with van der Waals surface area (Å²) >= 11 is 1.70. The first-order valence-corrected chi connectivity index (χ1v) is 7.41. The van der Waals surface area contributed by atoms with E-state index in [4.69, 9.17) is 0 Å². The quantitative estimate of drug-likeness (QED) is 0.804. The van der Waals surface area contributed by atoms with Gasteiger partial charge in [0.2, 0.25) is 0 Å². The SMILES string of the molecule is Cn1cc(CNc2ccc3sccc3c2)c(=O)n(C)c1=O. The van der Waals surface area contributed by atoms with Gasteiger partial charge in [-0.05, 0) is 35.0 Å². The molecule has 108 valence electrons. The minimum Gasteiger partial charge on any atom is -0.381 e. The number of benzene rings is 1. The van der Waals surface area contributed by atoms with Crippen molar-refractivity contribution in [3.63, 3.8) is 0 Å². The van der Waals surface area contributed by atoms with Gasteiger partial charge < -0.3 is 9.88 Å². The maximum atomic E-state index is 12.0. The van der Waals surface area contributed by atoms with E-state index >= 15 is 0 Å². The number of nitrogens with zero attached hydrogens (tertiary/aromatic N) is 2. The van der Waals surface area contributed by atoms with Gasteiger partial charge in [-0.3, -0.25) is 9.36 Å². The molecule has 0 saturated heterocycles. The molecule has 3 aromatic rings. The number of thiophene rings is 1. The number of aryl methyl sites for hydroxylation is 1. The van der Waals surface area contributed by atoms with Crippen LogP contribution in [0, 0.1) is 0 Å². The van der Waals surface area contributed by atoms with Crippen molar-refractivity contribution in [2.75, 3.05) is 5.32 Å². The zero-order chi connectivity index (χ0) is 15.0. The van der Waals surface area contributed by atoms with E-state index in [0.29, 0.717) is 12.1 Å². The molecule has 0 unspecified atom stereocenters. The molecule has 0 bridgehead atoms. The fourth-order valence-electron chi connectivity index (χ4n) is 2.28. The fraction of sp³-hybridized carbons (Fsp3) is 0.200. The van der Waals surface area contributed by atoms with Gasteiger partial charge in [-0.25, -0.2) is 4.79 Å². The molecule has 1 N–H and O–H groups in total. The van der Waals surface area contributed by atoms with Crippen molar-refractivity contribution in [2.24, 2.45) is 14.1 Å². The molecule has 0 spiro atoms. The Morgan fingerprint density at radius 3 is 2.81 bits per heavy atom. The second-order valence-corrected chi connectivity index (χ2v) is 5.89. The van der Waals surface area contributed by atoms with Gasteiger partial charge in [0.1, 0.15) is 0 Å². The summed E-state index contributed by atoms with van der Waals surface area (Å²) < 4.78 is 3.78. The fourth-order valence-corrected chi connectivity index (χ4v) is 3.05. The lowest BCUT2D eigenvalue weighted by molar-refractivity contribution is 0.671. The predicted octanol–water partition coefficient (Wildman–Crippen LogP) is 1.91. The second kappa shape index (κ2) is 5.21. The van der Waals surface area contributed by atoms with Crippen molar-refractivity contribution in [1.29, 1.82) is 0 Å². The molecule has 0 radical (unpaired) electrons. The highest BCUT2D eigenvalue weighted by Crippen LogP contribution is 2.24. The molecule has 0 aliphatic rings. The van der Waals surface area contributed by atoms with E-state index in [1.54, 1.807) is 24.6 Å². The molecule has 0 saturated carbocycles. The van der Waals surface area contributed by atoms with E-state index in [2.05, 4.69) is 28.9 Å². The van der Waals surface area contributed by atoms with Crippen LogP contribution in [0.5, 0.6) is 0 Å². The van der Waals surface area contributed by atoms with Crippen LogP contribution >= 0.6 is 11.3 Å². The average Bonchev–Trinajstić information content (AvgIpc) is 2.95. The normalized spacial score (nSPS) is 11.0. The van der Waals surface area contributed by atoms with Crippen molar-refractivity contribution in [2.45, 2.75) is 6.54 Å². The number of anilines is 1. The highest BCUT2D eigenvalue weighted by molar-refractivity contribution is 7.17. The van der Waals surface area contributed by atoms with Gasteiger partial charge in [-0.15, -0.1) is 11.3 Å². The summed E-state index contributed by atoms with van der Waals surface area (Å²) in [5.74, 6) is 0. The van der Waals surface area contributed by atoms with Crippen LogP contribution < -0.4 is 16.6 Å². The molecule has 5 nitrogen and oxygen atoms in total. The van der Waals surface area contributed by atoms with Crippen LogP contribution in [0.15, 0.2) is 45.4 Å². The van der Waals surface area contributed by atoms with Crippen molar-refractivity contribution >= 4 is 27.1 Å². The van der Waals surface area contributed by atoms with Crippen LogP contribution in [-0.4, -0.2) is 9.13 Å². The summed E-state index contributed by atoms with van der Waals surface area (Å²) in [5.41, 5.74) is 0.937. The van der Waals surface area contributed by atoms with Crippen LogP contribution in [0.25, 0.3) is 10.1 Å². The molecule has 0 fully saturated rings. The highest BCUT2D eigenvalue weighted by Gasteiger charge is 2.06. The van der Waals surface area contributed by atoms with Crippen LogP contribution in [-0.2, 0) is 20.6 Å². The summed E-state index contributed by atoms with van der Waals surface area (Å²) in [5, 5.41) is 6.47. The lowest BCUT2D eigenvalue weighted by Crippen LogP contribution is -2.38. The Labute approximate surface area is 125 Å². The van der Waals surface area contributed by atoms with Gasteiger partial charge in [0, 0.05) is 37.2 Å². The predicted molar refractivity (Wildman–Crippen MR) is 86.1 cm³/mol. The van der Waals surface area contributed by atoms with E-state index in [1.807, 2.05) is 6.07 Å². The Balaban J connectivity index is 1.87. The Kier molecular flexibility index (Phi) is 3.39. The molecule has 2 heterocycles. The first kappa shape index (κ1) is 13.6. The van der Waals surface area contributed by atoms with Gasteiger partial charge >= 0.3 is 5.69 Å². The molecular formula is C15H15N3O2S. The minimum atomic E-state index is -0.316. The van der Waals surface area contributed by atoms with Crippen molar-refractivity contribution in [1.82, 2.24) is 9.13 Å². The zero-order valence-corrected chi connectivity index (χ0v) is 12.6.